The van der Waals surface area contributed by atoms with Crippen molar-refractivity contribution >= 4 is 11.7 Å². The zero-order valence-electron chi connectivity index (χ0n) is 12.0. The van der Waals surface area contributed by atoms with Crippen LogP contribution in [0.25, 0.3) is 0 Å². The van der Waals surface area contributed by atoms with Crippen molar-refractivity contribution in [3.63, 3.8) is 0 Å². The Bertz CT molecular complexity index is 600. The van der Waals surface area contributed by atoms with Crippen molar-refractivity contribution in [3.8, 4) is 0 Å². The van der Waals surface area contributed by atoms with Crippen molar-refractivity contribution < 1.29 is 19.7 Å². The van der Waals surface area contributed by atoms with Crippen LogP contribution in [0.5, 0.6) is 0 Å². The molecule has 3 N–H and O–H groups in total. The number of nitrogens with one attached hydrogen (secondary N) is 1. The molecule has 1 saturated heterocycles. The Morgan fingerprint density at radius 3 is 3.00 bits per heavy atom. The highest BCUT2D eigenvalue weighted by Crippen LogP contribution is 2.27. The number of hydrogen-bond acceptors (Lipinski definition) is 6. The maximum absolute atomic E-state index is 12.0. The minimum Gasteiger partial charge on any atom is -0.394 e. The van der Waals surface area contributed by atoms with E-state index >= 15 is 0 Å². The summed E-state index contributed by atoms with van der Waals surface area (Å²) in [6.45, 7) is 3.21. The number of carbonyl (C=O) groups excluding carboxylic acids is 1. The predicted molar refractivity (Wildman–Crippen MR) is 78.2 cm³/mol. The second-order valence-corrected chi connectivity index (χ2v) is 4.99. The fourth-order valence-electron chi connectivity index (χ4n) is 2.19. The second kappa shape index (κ2) is 7.30. The van der Waals surface area contributed by atoms with E-state index in [4.69, 9.17) is 9.84 Å². The van der Waals surface area contributed by atoms with Crippen LogP contribution in [0.3, 0.4) is 0 Å². The first-order valence-corrected chi connectivity index (χ1v) is 6.99. The molecule has 2 heterocycles. The number of aliphatic hydroxyl groups is 2. The standard InChI is InChI=1S/C14H19N3O5/c1-2-3-4-12(20)15-11-5-6-17(14(21)16-11)13-7-9(19)10(8-18)22-13/h2,5-6,9-10,13,18-19H,1,3-4,7-8H2,(H,15,16,20,21)/t9-,10+,13+/m0/s1. The molecular weight excluding hydrogens is 290 g/mol. The Kier molecular flexibility index (Phi) is 5.42. The molecule has 1 aromatic heterocycles. The first-order valence-electron chi connectivity index (χ1n) is 6.99. The number of nitrogens with zero attached hydrogens (tertiary/aromatic N) is 2. The highest BCUT2D eigenvalue weighted by molar-refractivity contribution is 5.89. The average Bonchev–Trinajstić information content (AvgIpc) is 2.86. The molecule has 1 aliphatic heterocycles. The molecule has 22 heavy (non-hydrogen) atoms. The molecule has 0 aliphatic carbocycles. The smallest absolute Gasteiger partial charge is 0.351 e. The zero-order chi connectivity index (χ0) is 16.1. The quantitative estimate of drug-likeness (QED) is 0.627. The minimum absolute atomic E-state index is 0.160. The molecule has 0 unspecified atom stereocenters. The number of aromatic nitrogens is 2. The maximum atomic E-state index is 12.0. The topological polar surface area (TPSA) is 114 Å². The summed E-state index contributed by atoms with van der Waals surface area (Å²) in [5.74, 6) is -0.0926. The summed E-state index contributed by atoms with van der Waals surface area (Å²) in [4.78, 5) is 27.3. The van der Waals surface area contributed by atoms with Crippen molar-refractivity contribution in [1.29, 1.82) is 0 Å². The Balaban J connectivity index is 2.06. The van der Waals surface area contributed by atoms with E-state index in [9.17, 15) is 14.7 Å². The van der Waals surface area contributed by atoms with Gasteiger partial charge < -0.3 is 20.3 Å². The van der Waals surface area contributed by atoms with Crippen LogP contribution < -0.4 is 11.0 Å². The molecule has 120 valence electrons. The molecule has 1 amide bonds. The molecule has 0 aromatic carbocycles. The van der Waals surface area contributed by atoms with E-state index in [-0.39, 0.29) is 31.2 Å². The summed E-state index contributed by atoms with van der Waals surface area (Å²) in [6, 6.07) is 1.48. The highest BCUT2D eigenvalue weighted by atomic mass is 16.5. The molecule has 1 aromatic rings. The van der Waals surface area contributed by atoms with Gasteiger partial charge in [-0.05, 0) is 12.5 Å². The average molecular weight is 309 g/mol. The van der Waals surface area contributed by atoms with Gasteiger partial charge in [-0.3, -0.25) is 9.36 Å². The number of allylic oxidation sites excluding steroid dienone is 1. The minimum atomic E-state index is -0.833. The molecule has 8 heteroatoms. The number of carbonyl (C=O) groups is 1. The molecule has 2 rings (SSSR count). The molecule has 3 atom stereocenters. The summed E-state index contributed by atoms with van der Waals surface area (Å²) in [6.07, 6.45) is 1.84. The number of anilines is 1. The van der Waals surface area contributed by atoms with Gasteiger partial charge in [0.25, 0.3) is 0 Å². The molecule has 0 radical (unpaired) electrons. The molecule has 0 saturated carbocycles. The third kappa shape index (κ3) is 3.79. The fraction of sp³-hybridized carbons (Fsp3) is 0.500. The van der Waals surface area contributed by atoms with Gasteiger partial charge in [-0.2, -0.15) is 4.98 Å². The van der Waals surface area contributed by atoms with Crippen molar-refractivity contribution in [2.24, 2.45) is 0 Å². The van der Waals surface area contributed by atoms with Crippen molar-refractivity contribution in [1.82, 2.24) is 9.55 Å². The van der Waals surface area contributed by atoms with E-state index in [0.29, 0.717) is 6.42 Å². The Hall–Kier alpha value is -2.03. The van der Waals surface area contributed by atoms with Crippen molar-refractivity contribution in [2.45, 2.75) is 37.7 Å². The molecule has 0 spiro atoms. The van der Waals surface area contributed by atoms with Crippen LogP contribution in [0.1, 0.15) is 25.5 Å². The summed E-state index contributed by atoms with van der Waals surface area (Å²) < 4.78 is 6.61. The van der Waals surface area contributed by atoms with Gasteiger partial charge in [0.15, 0.2) is 0 Å². The van der Waals surface area contributed by atoms with Gasteiger partial charge in [0, 0.05) is 19.0 Å². The second-order valence-electron chi connectivity index (χ2n) is 4.99. The zero-order valence-corrected chi connectivity index (χ0v) is 12.0. The van der Waals surface area contributed by atoms with Crippen molar-refractivity contribution in [2.75, 3.05) is 11.9 Å². The van der Waals surface area contributed by atoms with Gasteiger partial charge in [0.05, 0.1) is 12.7 Å². The highest BCUT2D eigenvalue weighted by Gasteiger charge is 2.34. The van der Waals surface area contributed by atoms with Crippen LogP contribution in [-0.4, -0.2) is 44.5 Å². The first kappa shape index (κ1) is 16.3. The fourth-order valence-corrected chi connectivity index (χ4v) is 2.19. The molecular formula is C14H19N3O5. The van der Waals surface area contributed by atoms with E-state index in [1.165, 1.54) is 16.8 Å². The number of rotatable bonds is 6. The number of hydrogen-bond donors (Lipinski definition) is 3. The van der Waals surface area contributed by atoms with E-state index < -0.39 is 24.1 Å². The van der Waals surface area contributed by atoms with Crippen molar-refractivity contribution in [3.05, 3.63) is 35.4 Å². The SMILES string of the molecule is C=CCCC(=O)Nc1ccn([C@H]2C[C@H](O)[C@@H](CO)O2)c(=O)n1. The summed E-state index contributed by atoms with van der Waals surface area (Å²) in [7, 11) is 0. The molecule has 8 nitrogen and oxygen atoms in total. The summed E-state index contributed by atoms with van der Waals surface area (Å²) >= 11 is 0. The van der Waals surface area contributed by atoms with Gasteiger partial charge in [-0.1, -0.05) is 6.08 Å². The maximum Gasteiger partial charge on any atom is 0.351 e. The molecule has 1 fully saturated rings. The lowest BCUT2D eigenvalue weighted by molar-refractivity contribution is -0.116. The monoisotopic (exact) mass is 309 g/mol. The normalized spacial score (nSPS) is 24.2. The van der Waals surface area contributed by atoms with Crippen LogP contribution in [0.15, 0.2) is 29.7 Å². The third-order valence-electron chi connectivity index (χ3n) is 3.37. The van der Waals surface area contributed by atoms with Gasteiger partial charge in [-0.25, -0.2) is 4.79 Å². The lowest BCUT2D eigenvalue weighted by Gasteiger charge is -2.14. The lowest BCUT2D eigenvalue weighted by atomic mass is 10.2. The third-order valence-corrected chi connectivity index (χ3v) is 3.37. The molecule has 0 bridgehead atoms. The van der Waals surface area contributed by atoms with Gasteiger partial charge in [0.2, 0.25) is 5.91 Å². The van der Waals surface area contributed by atoms with E-state index in [1.807, 2.05) is 0 Å². The van der Waals surface area contributed by atoms with E-state index in [2.05, 4.69) is 16.9 Å². The number of ether oxygens (including phenoxy) is 1. The summed E-state index contributed by atoms with van der Waals surface area (Å²) in [5.41, 5.74) is -0.600. The van der Waals surface area contributed by atoms with E-state index in [0.717, 1.165) is 0 Å². The largest absolute Gasteiger partial charge is 0.394 e. The number of amides is 1. The first-order chi connectivity index (χ1) is 10.5. The Morgan fingerprint density at radius 1 is 1.64 bits per heavy atom. The van der Waals surface area contributed by atoms with Gasteiger partial charge >= 0.3 is 5.69 Å². The summed E-state index contributed by atoms with van der Waals surface area (Å²) in [5, 5.41) is 21.2. The van der Waals surface area contributed by atoms with Crippen LogP contribution in [0.2, 0.25) is 0 Å². The van der Waals surface area contributed by atoms with Crippen LogP contribution in [0, 0.1) is 0 Å². The predicted octanol–water partition coefficient (Wildman–Crippen LogP) is -0.211. The van der Waals surface area contributed by atoms with Crippen LogP contribution in [0.4, 0.5) is 5.82 Å². The number of aliphatic hydroxyl groups excluding tert-OH is 2. The lowest BCUT2D eigenvalue weighted by Crippen LogP contribution is -2.28. The van der Waals surface area contributed by atoms with Crippen LogP contribution >= 0.6 is 0 Å². The van der Waals surface area contributed by atoms with Crippen LogP contribution in [-0.2, 0) is 9.53 Å². The Labute approximate surface area is 127 Å². The molecule has 1 aliphatic rings. The van der Waals surface area contributed by atoms with Gasteiger partial charge in [0.1, 0.15) is 18.1 Å². The van der Waals surface area contributed by atoms with E-state index in [1.54, 1.807) is 6.08 Å². The Morgan fingerprint density at radius 2 is 2.41 bits per heavy atom. The van der Waals surface area contributed by atoms with Gasteiger partial charge in [-0.15, -0.1) is 6.58 Å².